The highest BCUT2D eigenvalue weighted by Crippen LogP contribution is 2.22. The highest BCUT2D eigenvalue weighted by molar-refractivity contribution is 8.00. The van der Waals surface area contributed by atoms with Gasteiger partial charge in [0.1, 0.15) is 12.4 Å². The molecule has 0 aromatic carbocycles. The number of nitrogens with one attached hydrogen (secondary N) is 2. The van der Waals surface area contributed by atoms with E-state index in [1.165, 1.54) is 11.8 Å². The number of pyridine rings is 2. The van der Waals surface area contributed by atoms with E-state index in [0.29, 0.717) is 29.8 Å². The molecule has 0 aliphatic carbocycles. The summed E-state index contributed by atoms with van der Waals surface area (Å²) in [5, 5.41) is 8.98. The Bertz CT molecular complexity index is 964. The molecule has 0 fully saturated rings. The largest absolute Gasteiger partial charge is 0.485 e. The Morgan fingerprint density at radius 2 is 1.86 bits per heavy atom. The number of hydrogen-bond donors (Lipinski definition) is 2. The second-order valence-corrected chi connectivity index (χ2v) is 6.89. The molecule has 3 aromatic heterocycles. The van der Waals surface area contributed by atoms with E-state index in [-0.39, 0.29) is 23.3 Å². The van der Waals surface area contributed by atoms with Crippen molar-refractivity contribution in [1.29, 1.82) is 0 Å². The summed E-state index contributed by atoms with van der Waals surface area (Å²) in [6, 6.07) is 8.75. The Labute approximate surface area is 171 Å². The number of carbonyl (C=O) groups excluding carboxylic acids is 2. The molecule has 10 heteroatoms. The Hall–Kier alpha value is -3.40. The molecule has 2 amide bonds. The number of amides is 2. The van der Waals surface area contributed by atoms with Crippen LogP contribution in [0.15, 0.2) is 53.4 Å². The van der Waals surface area contributed by atoms with Crippen LogP contribution in [-0.4, -0.2) is 38.4 Å². The number of nitrogens with zero attached hydrogens (tertiary/aromatic N) is 3. The lowest BCUT2D eigenvalue weighted by Crippen LogP contribution is -2.19. The van der Waals surface area contributed by atoms with Gasteiger partial charge in [-0.05, 0) is 36.8 Å². The zero-order valence-electron chi connectivity index (χ0n) is 15.6. The fraction of sp³-hybridized carbons (Fsp3) is 0.211. The zero-order chi connectivity index (χ0) is 20.5. The van der Waals surface area contributed by atoms with Gasteiger partial charge in [0, 0.05) is 24.7 Å². The summed E-state index contributed by atoms with van der Waals surface area (Å²) in [5.74, 6) is 1.38. The van der Waals surface area contributed by atoms with Gasteiger partial charge >= 0.3 is 0 Å². The molecule has 29 heavy (non-hydrogen) atoms. The molecule has 0 bridgehead atoms. The fourth-order valence-corrected chi connectivity index (χ4v) is 2.87. The van der Waals surface area contributed by atoms with Gasteiger partial charge in [-0.2, -0.15) is 0 Å². The predicted molar refractivity (Wildman–Crippen MR) is 109 cm³/mol. The minimum absolute atomic E-state index is 0.0889. The van der Waals surface area contributed by atoms with Crippen LogP contribution in [0.2, 0.25) is 0 Å². The van der Waals surface area contributed by atoms with Crippen LogP contribution in [0.1, 0.15) is 11.3 Å². The van der Waals surface area contributed by atoms with Crippen molar-refractivity contribution in [2.24, 2.45) is 0 Å². The first-order valence-corrected chi connectivity index (χ1v) is 9.83. The average Bonchev–Trinajstić information content (AvgIpc) is 3.12. The van der Waals surface area contributed by atoms with Crippen LogP contribution in [-0.2, 0) is 16.2 Å². The highest BCUT2D eigenvalue weighted by Gasteiger charge is 2.11. The number of aromatic nitrogens is 3. The molecule has 9 nitrogen and oxygen atoms in total. The van der Waals surface area contributed by atoms with Crippen molar-refractivity contribution in [2.75, 3.05) is 22.1 Å². The predicted octanol–water partition coefficient (Wildman–Crippen LogP) is 2.66. The number of thioether (sulfide) groups is 1. The number of aryl methyl sites for hydroxylation is 1. The Morgan fingerprint density at radius 3 is 2.59 bits per heavy atom. The van der Waals surface area contributed by atoms with Crippen LogP contribution in [0.5, 0.6) is 5.75 Å². The summed E-state index contributed by atoms with van der Waals surface area (Å²) in [4.78, 5) is 32.2. The van der Waals surface area contributed by atoms with Crippen molar-refractivity contribution in [3.05, 3.63) is 60.2 Å². The zero-order valence-corrected chi connectivity index (χ0v) is 16.4. The van der Waals surface area contributed by atoms with E-state index in [2.05, 4.69) is 25.8 Å². The number of hydrogen-bond acceptors (Lipinski definition) is 8. The van der Waals surface area contributed by atoms with Gasteiger partial charge in [-0.25, -0.2) is 4.98 Å². The Morgan fingerprint density at radius 1 is 1.10 bits per heavy atom. The van der Waals surface area contributed by atoms with E-state index >= 15 is 0 Å². The Kier molecular flexibility index (Phi) is 7.17. The quantitative estimate of drug-likeness (QED) is 0.549. The molecule has 0 saturated heterocycles. The molecule has 150 valence electrons. The van der Waals surface area contributed by atoms with E-state index in [4.69, 9.17) is 9.26 Å². The molecule has 0 spiro atoms. The average molecular weight is 413 g/mol. The molecular weight excluding hydrogens is 394 g/mol. The van der Waals surface area contributed by atoms with Gasteiger partial charge in [-0.3, -0.25) is 14.6 Å². The molecule has 0 atom stereocenters. The maximum Gasteiger partial charge on any atom is 0.235 e. The van der Waals surface area contributed by atoms with E-state index in [1.54, 1.807) is 43.7 Å². The molecule has 0 unspecified atom stereocenters. The van der Waals surface area contributed by atoms with Gasteiger partial charge in [-0.1, -0.05) is 5.16 Å². The van der Waals surface area contributed by atoms with Gasteiger partial charge in [0.15, 0.2) is 17.4 Å². The second kappa shape index (κ2) is 10.2. The van der Waals surface area contributed by atoms with Crippen molar-refractivity contribution in [3.63, 3.8) is 0 Å². The molecule has 0 saturated carbocycles. The van der Waals surface area contributed by atoms with Crippen LogP contribution in [0.3, 0.4) is 0 Å². The van der Waals surface area contributed by atoms with Crippen molar-refractivity contribution in [2.45, 2.75) is 13.5 Å². The standard InChI is InChI=1S/C19H19N5O4S/c1-13-9-16(24-28-13)22-17(25)11-29-12-18(26)23-19-15(3-2-6-21-19)27-10-14-4-7-20-8-5-14/h2-9H,10-12H2,1H3,(H,21,23,26)(H,22,24,25). The molecule has 0 radical (unpaired) electrons. The normalized spacial score (nSPS) is 10.4. The molecule has 2 N–H and O–H groups in total. The molecule has 3 aromatic rings. The van der Waals surface area contributed by atoms with E-state index in [1.807, 2.05) is 12.1 Å². The maximum atomic E-state index is 12.2. The fourth-order valence-electron chi connectivity index (χ4n) is 2.25. The number of carbonyl (C=O) groups is 2. The summed E-state index contributed by atoms with van der Waals surface area (Å²) in [6.07, 6.45) is 4.93. The van der Waals surface area contributed by atoms with Gasteiger partial charge in [0.05, 0.1) is 11.5 Å². The summed E-state index contributed by atoms with van der Waals surface area (Å²) in [5.41, 5.74) is 0.949. The second-order valence-electron chi connectivity index (χ2n) is 5.91. The van der Waals surface area contributed by atoms with E-state index in [0.717, 1.165) is 5.56 Å². The minimum atomic E-state index is -0.285. The summed E-state index contributed by atoms with van der Waals surface area (Å²) in [7, 11) is 0. The SMILES string of the molecule is Cc1cc(NC(=O)CSCC(=O)Nc2ncccc2OCc2ccncc2)no1. The van der Waals surface area contributed by atoms with Crippen LogP contribution in [0, 0.1) is 6.92 Å². The van der Waals surface area contributed by atoms with Crippen LogP contribution >= 0.6 is 11.8 Å². The van der Waals surface area contributed by atoms with Gasteiger partial charge in [0.25, 0.3) is 0 Å². The van der Waals surface area contributed by atoms with Gasteiger partial charge in [0.2, 0.25) is 11.8 Å². The first-order valence-electron chi connectivity index (χ1n) is 8.67. The highest BCUT2D eigenvalue weighted by atomic mass is 32.2. The third-order valence-electron chi connectivity index (χ3n) is 3.53. The van der Waals surface area contributed by atoms with Crippen LogP contribution < -0.4 is 15.4 Å². The molecule has 0 aliphatic rings. The van der Waals surface area contributed by atoms with E-state index < -0.39 is 0 Å². The summed E-state index contributed by atoms with van der Waals surface area (Å²) < 4.78 is 10.6. The molecule has 3 rings (SSSR count). The smallest absolute Gasteiger partial charge is 0.235 e. The summed E-state index contributed by atoms with van der Waals surface area (Å²) >= 11 is 1.17. The summed E-state index contributed by atoms with van der Waals surface area (Å²) in [6.45, 7) is 2.06. The van der Waals surface area contributed by atoms with E-state index in [9.17, 15) is 9.59 Å². The lowest BCUT2D eigenvalue weighted by atomic mass is 10.3. The van der Waals surface area contributed by atoms with Crippen molar-refractivity contribution >= 4 is 35.2 Å². The molecule has 3 heterocycles. The third-order valence-corrected chi connectivity index (χ3v) is 4.47. The van der Waals surface area contributed by atoms with Crippen molar-refractivity contribution in [1.82, 2.24) is 15.1 Å². The van der Waals surface area contributed by atoms with Crippen LogP contribution in [0.4, 0.5) is 11.6 Å². The topological polar surface area (TPSA) is 119 Å². The minimum Gasteiger partial charge on any atom is -0.485 e. The first-order chi connectivity index (χ1) is 14.1. The lowest BCUT2D eigenvalue weighted by molar-refractivity contribution is -0.114. The lowest BCUT2D eigenvalue weighted by Gasteiger charge is -2.11. The Balaban J connectivity index is 1.44. The monoisotopic (exact) mass is 413 g/mol. The third kappa shape index (κ3) is 6.61. The van der Waals surface area contributed by atoms with Crippen LogP contribution in [0.25, 0.3) is 0 Å². The van der Waals surface area contributed by atoms with Crippen molar-refractivity contribution in [3.8, 4) is 5.75 Å². The number of rotatable bonds is 9. The van der Waals surface area contributed by atoms with Crippen molar-refractivity contribution < 1.29 is 18.8 Å². The maximum absolute atomic E-state index is 12.2. The molecule has 0 aliphatic heterocycles. The van der Waals surface area contributed by atoms with Gasteiger partial charge in [-0.15, -0.1) is 11.8 Å². The molecular formula is C19H19N5O4S. The van der Waals surface area contributed by atoms with Gasteiger partial charge < -0.3 is 19.9 Å². The first kappa shape index (κ1) is 20.3. The number of ether oxygens (including phenoxy) is 1. The number of anilines is 2.